The molecule has 0 aliphatic carbocycles. The minimum absolute atomic E-state index is 0.320. The van der Waals surface area contributed by atoms with Crippen molar-refractivity contribution in [2.24, 2.45) is 0 Å². The molecule has 19 heavy (non-hydrogen) atoms. The smallest absolute Gasteiger partial charge is 0.231 e. The van der Waals surface area contributed by atoms with Crippen LogP contribution in [-0.2, 0) is 6.42 Å². The molecule has 0 saturated carbocycles. The summed E-state index contributed by atoms with van der Waals surface area (Å²) in [6, 6.07) is 13.8. The van der Waals surface area contributed by atoms with Gasteiger partial charge in [-0.1, -0.05) is 30.4 Å². The number of fused-ring (bicyclic) bond motifs is 1. The van der Waals surface area contributed by atoms with Gasteiger partial charge in [-0.3, -0.25) is 0 Å². The molecule has 3 rings (SSSR count). The van der Waals surface area contributed by atoms with Gasteiger partial charge >= 0.3 is 0 Å². The van der Waals surface area contributed by atoms with Crippen LogP contribution in [0, 0.1) is 0 Å². The van der Waals surface area contributed by atoms with Crippen molar-refractivity contribution < 1.29 is 9.47 Å². The topological polar surface area (TPSA) is 44.5 Å². The molecule has 0 amide bonds. The molecule has 2 N–H and O–H groups in total. The van der Waals surface area contributed by atoms with E-state index in [0.717, 1.165) is 29.2 Å². The van der Waals surface area contributed by atoms with Crippen LogP contribution in [0.1, 0.15) is 11.1 Å². The number of allylic oxidation sites excluding steroid dienone is 1. The Bertz CT molecular complexity index is 603. The Kier molecular flexibility index (Phi) is 3.11. The van der Waals surface area contributed by atoms with Gasteiger partial charge < -0.3 is 15.2 Å². The summed E-state index contributed by atoms with van der Waals surface area (Å²) >= 11 is 0. The summed E-state index contributed by atoms with van der Waals surface area (Å²) in [6.45, 7) is 0.320. The highest BCUT2D eigenvalue weighted by molar-refractivity contribution is 5.54. The Hall–Kier alpha value is -2.42. The first kappa shape index (κ1) is 11.7. The molecule has 96 valence electrons. The molecule has 0 radical (unpaired) electrons. The second-order valence-electron chi connectivity index (χ2n) is 4.46. The summed E-state index contributed by atoms with van der Waals surface area (Å²) in [6.07, 6.45) is 5.08. The largest absolute Gasteiger partial charge is 0.454 e. The van der Waals surface area contributed by atoms with Gasteiger partial charge in [-0.2, -0.15) is 0 Å². The fraction of sp³-hybridized carbons (Fsp3) is 0.125. The van der Waals surface area contributed by atoms with Crippen molar-refractivity contribution in [1.29, 1.82) is 0 Å². The van der Waals surface area contributed by atoms with Crippen molar-refractivity contribution in [3.63, 3.8) is 0 Å². The normalized spacial score (nSPS) is 13.1. The lowest BCUT2D eigenvalue weighted by Gasteiger charge is -2.00. The summed E-state index contributed by atoms with van der Waals surface area (Å²) in [4.78, 5) is 0. The number of ether oxygens (including phenoxy) is 2. The molecule has 1 heterocycles. The highest BCUT2D eigenvalue weighted by Crippen LogP contribution is 2.32. The third-order valence-electron chi connectivity index (χ3n) is 3.04. The molecule has 1 aliphatic heterocycles. The van der Waals surface area contributed by atoms with Crippen LogP contribution in [-0.4, -0.2) is 6.79 Å². The minimum Gasteiger partial charge on any atom is -0.454 e. The molecule has 1 aliphatic rings. The number of rotatable bonds is 3. The summed E-state index contributed by atoms with van der Waals surface area (Å²) in [5.74, 6) is 1.66. The third-order valence-corrected chi connectivity index (χ3v) is 3.04. The van der Waals surface area contributed by atoms with E-state index in [0.29, 0.717) is 6.79 Å². The first-order valence-corrected chi connectivity index (χ1v) is 6.22. The van der Waals surface area contributed by atoms with E-state index in [-0.39, 0.29) is 0 Å². The summed E-state index contributed by atoms with van der Waals surface area (Å²) < 4.78 is 10.6. The van der Waals surface area contributed by atoms with Gasteiger partial charge in [0.15, 0.2) is 11.5 Å². The Labute approximate surface area is 112 Å². The molecule has 0 unspecified atom stereocenters. The number of hydrogen-bond donors (Lipinski definition) is 1. The van der Waals surface area contributed by atoms with Gasteiger partial charge in [0.1, 0.15) is 0 Å². The van der Waals surface area contributed by atoms with E-state index in [4.69, 9.17) is 15.2 Å². The second kappa shape index (κ2) is 5.06. The maximum Gasteiger partial charge on any atom is 0.231 e. The summed E-state index contributed by atoms with van der Waals surface area (Å²) in [5, 5.41) is 0. The fourth-order valence-electron chi connectivity index (χ4n) is 2.01. The van der Waals surface area contributed by atoms with Crippen LogP contribution < -0.4 is 15.2 Å². The van der Waals surface area contributed by atoms with Crippen molar-refractivity contribution in [2.45, 2.75) is 6.42 Å². The highest BCUT2D eigenvalue weighted by atomic mass is 16.7. The van der Waals surface area contributed by atoms with Crippen molar-refractivity contribution in [2.75, 3.05) is 12.5 Å². The van der Waals surface area contributed by atoms with E-state index >= 15 is 0 Å². The number of anilines is 1. The average molecular weight is 253 g/mol. The Morgan fingerprint density at radius 3 is 2.63 bits per heavy atom. The molecule has 0 bridgehead atoms. The molecule has 0 atom stereocenters. The number of nitrogen functional groups attached to an aromatic ring is 1. The van der Waals surface area contributed by atoms with Crippen molar-refractivity contribution in [1.82, 2.24) is 0 Å². The summed E-state index contributed by atoms with van der Waals surface area (Å²) in [7, 11) is 0. The van der Waals surface area contributed by atoms with E-state index < -0.39 is 0 Å². The number of hydrogen-bond acceptors (Lipinski definition) is 3. The maximum atomic E-state index is 5.65. The molecule has 0 aromatic heterocycles. The van der Waals surface area contributed by atoms with Crippen molar-refractivity contribution >= 4 is 11.8 Å². The van der Waals surface area contributed by atoms with E-state index in [1.165, 1.54) is 5.56 Å². The van der Waals surface area contributed by atoms with E-state index in [1.807, 2.05) is 36.4 Å². The molecule has 0 saturated heterocycles. The zero-order valence-electron chi connectivity index (χ0n) is 10.5. The van der Waals surface area contributed by atoms with E-state index in [2.05, 4.69) is 18.2 Å². The molecule has 2 aromatic rings. The van der Waals surface area contributed by atoms with Crippen LogP contribution in [0.4, 0.5) is 5.69 Å². The predicted molar refractivity (Wildman–Crippen MR) is 76.2 cm³/mol. The molecule has 3 nitrogen and oxygen atoms in total. The first-order chi connectivity index (χ1) is 9.31. The van der Waals surface area contributed by atoms with Gasteiger partial charge in [0.05, 0.1) is 0 Å². The van der Waals surface area contributed by atoms with Crippen molar-refractivity contribution in [3.05, 3.63) is 59.7 Å². The predicted octanol–water partition coefficient (Wildman–Crippen LogP) is 3.25. The van der Waals surface area contributed by atoms with Crippen LogP contribution in [0.25, 0.3) is 6.08 Å². The Morgan fingerprint density at radius 1 is 1.00 bits per heavy atom. The maximum absolute atomic E-state index is 5.65. The van der Waals surface area contributed by atoms with Gasteiger partial charge in [-0.15, -0.1) is 0 Å². The molecule has 2 aromatic carbocycles. The first-order valence-electron chi connectivity index (χ1n) is 6.22. The molecular formula is C16H15NO2. The van der Waals surface area contributed by atoms with Gasteiger partial charge in [0.2, 0.25) is 6.79 Å². The lowest BCUT2D eigenvalue weighted by molar-refractivity contribution is 0.174. The standard InChI is InChI=1S/C16H15NO2/c17-14-7-4-12(5-8-14)2-1-3-13-6-9-15-16(10-13)19-11-18-15/h1-2,4-10H,3,11,17H2/b2-1+. The quantitative estimate of drug-likeness (QED) is 0.854. The van der Waals surface area contributed by atoms with Crippen LogP contribution in [0.3, 0.4) is 0 Å². The van der Waals surface area contributed by atoms with E-state index in [9.17, 15) is 0 Å². The highest BCUT2D eigenvalue weighted by Gasteiger charge is 2.12. The molecule has 0 spiro atoms. The van der Waals surface area contributed by atoms with Crippen molar-refractivity contribution in [3.8, 4) is 11.5 Å². The average Bonchev–Trinajstić information content (AvgIpc) is 2.88. The SMILES string of the molecule is Nc1ccc(/C=C/Cc2ccc3c(c2)OCO3)cc1. The summed E-state index contributed by atoms with van der Waals surface area (Å²) in [5.41, 5.74) is 8.79. The second-order valence-corrected chi connectivity index (χ2v) is 4.46. The number of benzene rings is 2. The van der Waals surface area contributed by atoms with Gasteiger partial charge in [-0.25, -0.2) is 0 Å². The van der Waals surface area contributed by atoms with Crippen LogP contribution in [0.5, 0.6) is 11.5 Å². The third kappa shape index (κ3) is 2.71. The zero-order valence-corrected chi connectivity index (χ0v) is 10.5. The fourth-order valence-corrected chi connectivity index (χ4v) is 2.01. The molecule has 3 heteroatoms. The molecular weight excluding hydrogens is 238 g/mol. The Morgan fingerprint density at radius 2 is 1.79 bits per heavy atom. The van der Waals surface area contributed by atoms with Gasteiger partial charge in [0.25, 0.3) is 0 Å². The zero-order chi connectivity index (χ0) is 13.1. The monoisotopic (exact) mass is 253 g/mol. The van der Waals surface area contributed by atoms with Gasteiger partial charge in [-0.05, 0) is 41.8 Å². The van der Waals surface area contributed by atoms with Crippen LogP contribution in [0.2, 0.25) is 0 Å². The molecule has 0 fully saturated rings. The van der Waals surface area contributed by atoms with Crippen LogP contribution in [0.15, 0.2) is 48.5 Å². The Balaban J connectivity index is 1.67. The van der Waals surface area contributed by atoms with Gasteiger partial charge in [0, 0.05) is 5.69 Å². The lowest BCUT2D eigenvalue weighted by atomic mass is 10.1. The minimum atomic E-state index is 0.320. The van der Waals surface area contributed by atoms with E-state index in [1.54, 1.807) is 0 Å². The number of nitrogens with two attached hydrogens (primary N) is 1. The lowest BCUT2D eigenvalue weighted by Crippen LogP contribution is -1.92. The van der Waals surface area contributed by atoms with Crippen LogP contribution >= 0.6 is 0 Å².